The highest BCUT2D eigenvalue weighted by molar-refractivity contribution is 5.96. The van der Waals surface area contributed by atoms with E-state index in [-0.39, 0.29) is 55.0 Å². The minimum atomic E-state index is -0.331. The molecule has 0 atom stereocenters. The van der Waals surface area contributed by atoms with E-state index in [1.165, 1.54) is 9.42 Å². The number of anilines is 1. The number of ketones is 1. The number of aryl methyl sites for hydroxylation is 1. The van der Waals surface area contributed by atoms with Crippen LogP contribution in [0.5, 0.6) is 11.5 Å². The van der Waals surface area contributed by atoms with E-state index in [4.69, 9.17) is 9.47 Å². The number of halogens is 1. The highest BCUT2D eigenvalue weighted by Gasteiger charge is 2.29. The zero-order chi connectivity index (χ0) is 26.8. The summed E-state index contributed by atoms with van der Waals surface area (Å²) in [5.74, 6) is 0.886. The highest BCUT2D eigenvalue weighted by Crippen LogP contribution is 2.39. The summed E-state index contributed by atoms with van der Waals surface area (Å²) in [6.07, 6.45) is 0. The fourth-order valence-electron chi connectivity index (χ4n) is 3.91. The Morgan fingerprint density at radius 3 is 2.43 bits per heavy atom. The molecule has 11 nitrogen and oxygen atoms in total. The van der Waals surface area contributed by atoms with Crippen LogP contribution in [0.3, 0.4) is 0 Å². The molecule has 0 radical (unpaired) electrons. The van der Waals surface area contributed by atoms with E-state index in [1.54, 1.807) is 45.1 Å². The third-order valence-corrected chi connectivity index (χ3v) is 5.65. The third-order valence-electron chi connectivity index (χ3n) is 5.65. The molecule has 1 aromatic carbocycles. The fourth-order valence-corrected chi connectivity index (χ4v) is 3.91. The lowest BCUT2D eigenvalue weighted by molar-refractivity contribution is -0.714. The first-order valence-corrected chi connectivity index (χ1v) is 11.6. The predicted octanol–water partition coefficient (Wildman–Crippen LogP) is -1.37. The second kappa shape index (κ2) is 11.7. The van der Waals surface area contributed by atoms with Gasteiger partial charge in [-0.15, -0.1) is 4.68 Å². The first-order chi connectivity index (χ1) is 16.9. The van der Waals surface area contributed by atoms with E-state index in [2.05, 4.69) is 15.5 Å². The maximum atomic E-state index is 13.5. The molecule has 0 saturated carbocycles. The van der Waals surface area contributed by atoms with Crippen molar-refractivity contribution in [1.29, 1.82) is 0 Å². The molecule has 3 rings (SSSR count). The van der Waals surface area contributed by atoms with Crippen LogP contribution in [-0.4, -0.2) is 77.9 Å². The Morgan fingerprint density at radius 1 is 1.22 bits per heavy atom. The summed E-state index contributed by atoms with van der Waals surface area (Å²) in [5, 5.41) is 21.2. The number of nitrogens with zero attached hydrogens (tertiary/aromatic N) is 5. The molecular formula is C25H35ClN6O5. The van der Waals surface area contributed by atoms with Crippen LogP contribution < -0.4 is 31.9 Å². The number of fused-ring (bicyclic) bond motifs is 1. The number of ether oxygens (including phenoxy) is 2. The summed E-state index contributed by atoms with van der Waals surface area (Å²) in [4.78, 5) is 27.5. The molecule has 0 spiro atoms. The van der Waals surface area contributed by atoms with Crippen LogP contribution in [0.4, 0.5) is 5.95 Å². The van der Waals surface area contributed by atoms with E-state index in [1.807, 2.05) is 33.8 Å². The van der Waals surface area contributed by atoms with Crippen LogP contribution in [0.2, 0.25) is 0 Å². The second-order valence-electron chi connectivity index (χ2n) is 9.68. The van der Waals surface area contributed by atoms with Crippen molar-refractivity contribution in [3.05, 3.63) is 40.6 Å². The molecular weight excluding hydrogens is 500 g/mol. The number of hydrogen-bond donors (Lipinski definition) is 2. The van der Waals surface area contributed by atoms with Crippen molar-refractivity contribution >= 4 is 23.3 Å². The predicted molar refractivity (Wildman–Crippen MR) is 134 cm³/mol. The van der Waals surface area contributed by atoms with E-state index in [0.717, 1.165) is 11.1 Å². The van der Waals surface area contributed by atoms with Gasteiger partial charge in [-0.3, -0.25) is 9.59 Å². The monoisotopic (exact) mass is 534 g/mol. The molecule has 202 valence electrons. The Balaban J connectivity index is 0.00000481. The highest BCUT2D eigenvalue weighted by atomic mass is 35.5. The number of aliphatic hydroxyl groups is 1. The molecule has 0 aliphatic rings. The molecule has 12 heteroatoms. The number of methoxy groups -OCH3 is 1. The summed E-state index contributed by atoms with van der Waals surface area (Å²) in [5.41, 5.74) is 2.51. The summed E-state index contributed by atoms with van der Waals surface area (Å²) in [6.45, 7) is 7.75. The third kappa shape index (κ3) is 6.11. The van der Waals surface area contributed by atoms with Crippen molar-refractivity contribution in [1.82, 2.24) is 19.6 Å². The molecule has 0 saturated heterocycles. The number of nitrogens with one attached hydrogen (secondary N) is 1. The standard InChI is InChI=1S/C25H35N6O5.ClH/c1-15-11-18(23(34)29(6)7)27-31-22(15)30(28-24(31)26-5)14-19(33)16-12-17(25(2,3)4)21(35-8)20(13-16)36-10-9-32;/h11-13,32H,9-10,14H2,1-8H3,(H,26,28);1H/q+1;/p-1. The summed E-state index contributed by atoms with van der Waals surface area (Å²) >= 11 is 0. The van der Waals surface area contributed by atoms with E-state index in [9.17, 15) is 14.7 Å². The van der Waals surface area contributed by atoms with Crippen molar-refractivity contribution in [2.24, 2.45) is 0 Å². The van der Waals surface area contributed by atoms with Gasteiger partial charge in [0.2, 0.25) is 5.78 Å². The molecule has 37 heavy (non-hydrogen) atoms. The van der Waals surface area contributed by atoms with Gasteiger partial charge in [0.1, 0.15) is 6.61 Å². The smallest absolute Gasteiger partial charge is 0.357 e. The van der Waals surface area contributed by atoms with Crippen LogP contribution in [-0.2, 0) is 12.0 Å². The summed E-state index contributed by atoms with van der Waals surface area (Å²) < 4.78 is 14.4. The number of Topliss-reactive ketones (excluding diaryl/α,β-unsaturated/α-hetero) is 1. The average molecular weight is 535 g/mol. The van der Waals surface area contributed by atoms with Gasteiger partial charge < -0.3 is 37.2 Å². The number of carbonyl (C=O) groups is 2. The zero-order valence-electron chi connectivity index (χ0n) is 22.5. The molecule has 0 bridgehead atoms. The van der Waals surface area contributed by atoms with Gasteiger partial charge in [-0.1, -0.05) is 30.4 Å². The lowest BCUT2D eigenvalue weighted by Crippen LogP contribution is -3.00. The average Bonchev–Trinajstić information content (AvgIpc) is 3.18. The van der Waals surface area contributed by atoms with E-state index in [0.29, 0.717) is 28.7 Å². The van der Waals surface area contributed by atoms with Crippen LogP contribution in [0.25, 0.3) is 5.65 Å². The van der Waals surface area contributed by atoms with E-state index >= 15 is 0 Å². The van der Waals surface area contributed by atoms with Crippen LogP contribution in [0.15, 0.2) is 18.2 Å². The second-order valence-corrected chi connectivity index (χ2v) is 9.68. The molecule has 2 N–H and O–H groups in total. The van der Waals surface area contributed by atoms with Gasteiger partial charge in [-0.25, -0.2) is 0 Å². The first kappa shape index (κ1) is 29.8. The van der Waals surface area contributed by atoms with Crippen LogP contribution in [0, 0.1) is 6.92 Å². The van der Waals surface area contributed by atoms with Gasteiger partial charge in [0, 0.05) is 37.8 Å². The fraction of sp³-hybridized carbons (Fsp3) is 0.480. The molecule has 1 amide bonds. The van der Waals surface area contributed by atoms with Gasteiger partial charge in [0.25, 0.3) is 5.91 Å². The first-order valence-electron chi connectivity index (χ1n) is 11.6. The number of carbonyl (C=O) groups excluding carboxylic acids is 2. The molecule has 0 fully saturated rings. The van der Waals surface area contributed by atoms with Gasteiger partial charge in [-0.2, -0.15) is 0 Å². The Bertz CT molecular complexity index is 1300. The largest absolute Gasteiger partial charge is 1.00 e. The minimum absolute atomic E-state index is 0. The molecule has 2 heterocycles. The Kier molecular flexibility index (Phi) is 9.45. The van der Waals surface area contributed by atoms with Crippen molar-refractivity contribution < 1.29 is 41.3 Å². The molecule has 0 aliphatic heterocycles. The number of hydrogen-bond acceptors (Lipinski definition) is 8. The van der Waals surface area contributed by atoms with E-state index < -0.39 is 0 Å². The number of aromatic nitrogens is 4. The molecule has 3 aromatic rings. The van der Waals surface area contributed by atoms with Crippen LogP contribution in [0.1, 0.15) is 52.7 Å². The van der Waals surface area contributed by atoms with Crippen molar-refractivity contribution in [2.45, 2.75) is 39.7 Å². The minimum Gasteiger partial charge on any atom is -1.00 e. The maximum absolute atomic E-state index is 13.5. The maximum Gasteiger partial charge on any atom is 0.357 e. The quantitative estimate of drug-likeness (QED) is 0.255. The summed E-state index contributed by atoms with van der Waals surface area (Å²) in [7, 11) is 6.57. The number of benzene rings is 1. The molecule has 2 aromatic heterocycles. The van der Waals surface area contributed by atoms with Crippen LogP contribution >= 0.6 is 0 Å². The number of rotatable bonds is 9. The van der Waals surface area contributed by atoms with Crippen molar-refractivity contribution in [2.75, 3.05) is 46.8 Å². The topological polar surface area (TPSA) is 122 Å². The Morgan fingerprint density at radius 2 is 1.89 bits per heavy atom. The lowest BCUT2D eigenvalue weighted by atomic mass is 9.84. The molecule has 0 unspecified atom stereocenters. The van der Waals surface area contributed by atoms with Crippen molar-refractivity contribution in [3.8, 4) is 11.5 Å². The van der Waals surface area contributed by atoms with Gasteiger partial charge >= 0.3 is 11.6 Å². The summed E-state index contributed by atoms with van der Waals surface area (Å²) in [6, 6.07) is 5.12. The lowest BCUT2D eigenvalue weighted by Gasteiger charge is -2.24. The van der Waals surface area contributed by atoms with Gasteiger partial charge in [0.15, 0.2) is 23.7 Å². The normalized spacial score (nSPS) is 11.2. The van der Waals surface area contributed by atoms with Gasteiger partial charge in [0.05, 0.1) is 13.7 Å². The van der Waals surface area contributed by atoms with Gasteiger partial charge in [-0.05, 0) is 35.6 Å². The molecule has 0 aliphatic carbocycles. The zero-order valence-corrected chi connectivity index (χ0v) is 23.3. The number of aliphatic hydroxyl groups excluding tert-OH is 1. The Hall–Kier alpha value is -3.44. The Labute approximate surface area is 222 Å². The number of amides is 1. The SMILES string of the molecule is CNc1n[n+](CC(=O)c2cc(OCCO)c(OC)c(C(C)(C)C)c2)c2c(C)cc(C(=O)N(C)C)nn12.[Cl-]. The van der Waals surface area contributed by atoms with Crippen molar-refractivity contribution in [3.63, 3.8) is 0 Å².